The maximum absolute atomic E-state index is 5.96. The highest BCUT2D eigenvalue weighted by Gasteiger charge is 2.29. The molecule has 3 heteroatoms. The minimum absolute atomic E-state index is 0.365. The molecule has 0 saturated heterocycles. The van der Waals surface area contributed by atoms with Gasteiger partial charge in [-0.1, -0.05) is 18.5 Å². The van der Waals surface area contributed by atoms with Crippen molar-refractivity contribution < 1.29 is 4.74 Å². The van der Waals surface area contributed by atoms with E-state index in [1.54, 1.807) is 0 Å². The molecule has 1 N–H and O–H groups in total. The monoisotopic (exact) mass is 239 g/mol. The van der Waals surface area contributed by atoms with Gasteiger partial charge in [0.2, 0.25) is 0 Å². The number of ether oxygens (including phenoxy) is 1. The van der Waals surface area contributed by atoms with Crippen molar-refractivity contribution >= 4 is 11.6 Å². The zero-order valence-electron chi connectivity index (χ0n) is 9.79. The molecule has 1 aromatic rings. The Kier molecular flexibility index (Phi) is 3.72. The molecule has 1 aromatic carbocycles. The fourth-order valence-corrected chi connectivity index (χ4v) is 2.12. The molecule has 2 rings (SSSR count). The Balaban J connectivity index is 1.84. The number of halogens is 1. The van der Waals surface area contributed by atoms with Crippen molar-refractivity contribution in [2.24, 2.45) is 0 Å². The van der Waals surface area contributed by atoms with E-state index in [1.807, 2.05) is 25.1 Å². The van der Waals surface area contributed by atoms with Crippen LogP contribution >= 0.6 is 11.6 Å². The summed E-state index contributed by atoms with van der Waals surface area (Å²) in [6.45, 7) is 5.17. The van der Waals surface area contributed by atoms with Crippen LogP contribution in [0.15, 0.2) is 18.2 Å². The van der Waals surface area contributed by atoms with Gasteiger partial charge in [-0.3, -0.25) is 0 Å². The van der Waals surface area contributed by atoms with Crippen LogP contribution in [0, 0.1) is 6.92 Å². The first kappa shape index (κ1) is 11.7. The van der Waals surface area contributed by atoms with Gasteiger partial charge >= 0.3 is 0 Å². The summed E-state index contributed by atoms with van der Waals surface area (Å²) < 4.78 is 5.86. The molecule has 0 bridgehead atoms. The third-order valence-corrected chi connectivity index (χ3v) is 3.44. The Bertz CT molecular complexity index is 361. The fourth-order valence-electron chi connectivity index (χ4n) is 2.00. The molecule has 0 radical (unpaired) electrons. The van der Waals surface area contributed by atoms with Gasteiger partial charge in [-0.15, -0.1) is 0 Å². The summed E-state index contributed by atoms with van der Waals surface area (Å²) in [6.07, 6.45) is 2.58. The highest BCUT2D eigenvalue weighted by Crippen LogP contribution is 2.28. The van der Waals surface area contributed by atoms with Gasteiger partial charge in [-0.05, 0) is 50.1 Å². The van der Waals surface area contributed by atoms with Gasteiger partial charge in [-0.25, -0.2) is 0 Å². The Morgan fingerprint density at radius 3 is 2.81 bits per heavy atom. The van der Waals surface area contributed by atoms with Crippen LogP contribution in [0.2, 0.25) is 5.02 Å². The molecule has 1 fully saturated rings. The molecule has 2 nitrogen and oxygen atoms in total. The van der Waals surface area contributed by atoms with E-state index in [0.717, 1.165) is 35.7 Å². The molecule has 1 saturated carbocycles. The van der Waals surface area contributed by atoms with E-state index in [-0.39, 0.29) is 0 Å². The van der Waals surface area contributed by atoms with Crippen LogP contribution in [0.5, 0.6) is 5.75 Å². The van der Waals surface area contributed by atoms with E-state index in [2.05, 4.69) is 12.2 Å². The van der Waals surface area contributed by atoms with Gasteiger partial charge in [0.1, 0.15) is 11.9 Å². The van der Waals surface area contributed by atoms with Gasteiger partial charge in [0.15, 0.2) is 0 Å². The zero-order chi connectivity index (χ0) is 11.5. The normalized spacial score (nSPS) is 23.9. The molecule has 0 unspecified atom stereocenters. The smallest absolute Gasteiger partial charge is 0.120 e. The first-order chi connectivity index (χ1) is 7.69. The molecule has 16 heavy (non-hydrogen) atoms. The minimum Gasteiger partial charge on any atom is -0.490 e. The molecule has 0 aliphatic heterocycles. The van der Waals surface area contributed by atoms with Crippen LogP contribution < -0.4 is 10.1 Å². The lowest BCUT2D eigenvalue weighted by Crippen LogP contribution is -2.46. The quantitative estimate of drug-likeness (QED) is 0.872. The summed E-state index contributed by atoms with van der Waals surface area (Å²) in [6, 6.07) is 6.48. The van der Waals surface area contributed by atoms with Crippen LogP contribution in [-0.4, -0.2) is 18.7 Å². The summed E-state index contributed by atoms with van der Waals surface area (Å²) in [4.78, 5) is 0. The van der Waals surface area contributed by atoms with Crippen molar-refractivity contribution in [2.45, 2.75) is 38.8 Å². The molecule has 0 heterocycles. The third-order valence-electron chi connectivity index (χ3n) is 3.02. The zero-order valence-corrected chi connectivity index (χ0v) is 10.6. The lowest BCUT2D eigenvalue weighted by atomic mass is 9.89. The molecule has 0 amide bonds. The number of benzene rings is 1. The maximum atomic E-state index is 5.96. The van der Waals surface area contributed by atoms with Crippen molar-refractivity contribution in [1.29, 1.82) is 0 Å². The summed E-state index contributed by atoms with van der Waals surface area (Å²) in [7, 11) is 0. The average Bonchev–Trinajstić information content (AvgIpc) is 2.20. The highest BCUT2D eigenvalue weighted by molar-refractivity contribution is 6.31. The molecular formula is C13H18ClNO. The predicted molar refractivity (Wildman–Crippen MR) is 67.3 cm³/mol. The minimum atomic E-state index is 0.365. The van der Waals surface area contributed by atoms with Gasteiger partial charge in [0.25, 0.3) is 0 Å². The van der Waals surface area contributed by atoms with Crippen molar-refractivity contribution in [3.05, 3.63) is 28.8 Å². The van der Waals surface area contributed by atoms with E-state index in [9.17, 15) is 0 Å². The molecular weight excluding hydrogens is 222 g/mol. The summed E-state index contributed by atoms with van der Waals surface area (Å²) in [5.41, 5.74) is 1.07. The summed E-state index contributed by atoms with van der Waals surface area (Å²) in [5, 5.41) is 4.21. The van der Waals surface area contributed by atoms with Crippen molar-refractivity contribution in [2.75, 3.05) is 6.54 Å². The number of aryl methyl sites for hydroxylation is 1. The molecule has 0 spiro atoms. The van der Waals surface area contributed by atoms with Crippen LogP contribution in [0.25, 0.3) is 0 Å². The number of hydrogen-bond donors (Lipinski definition) is 1. The largest absolute Gasteiger partial charge is 0.490 e. The summed E-state index contributed by atoms with van der Waals surface area (Å²) in [5.74, 6) is 0.932. The second kappa shape index (κ2) is 5.07. The Hall–Kier alpha value is -0.730. The Morgan fingerprint density at radius 2 is 2.19 bits per heavy atom. The highest BCUT2D eigenvalue weighted by atomic mass is 35.5. The predicted octanol–water partition coefficient (Wildman–Crippen LogP) is 3.17. The second-order valence-electron chi connectivity index (χ2n) is 4.38. The SMILES string of the molecule is CCNC1CC(Oc2ccc(Cl)c(C)c2)C1. The van der Waals surface area contributed by atoms with Crippen LogP contribution in [0.3, 0.4) is 0 Å². The first-order valence-electron chi connectivity index (χ1n) is 5.85. The topological polar surface area (TPSA) is 21.3 Å². The van der Waals surface area contributed by atoms with Crippen LogP contribution in [0.4, 0.5) is 0 Å². The van der Waals surface area contributed by atoms with Crippen LogP contribution in [0.1, 0.15) is 25.3 Å². The number of hydrogen-bond acceptors (Lipinski definition) is 2. The maximum Gasteiger partial charge on any atom is 0.120 e. The standard InChI is InChI=1S/C13H18ClNO/c1-3-15-10-7-12(8-10)16-11-4-5-13(14)9(2)6-11/h4-6,10,12,15H,3,7-8H2,1-2H3. The Morgan fingerprint density at radius 1 is 1.44 bits per heavy atom. The van der Waals surface area contributed by atoms with Crippen molar-refractivity contribution in [3.8, 4) is 5.75 Å². The second-order valence-corrected chi connectivity index (χ2v) is 4.78. The van der Waals surface area contributed by atoms with Crippen molar-refractivity contribution in [3.63, 3.8) is 0 Å². The summed E-state index contributed by atoms with van der Waals surface area (Å²) >= 11 is 5.96. The first-order valence-corrected chi connectivity index (χ1v) is 6.23. The van der Waals surface area contributed by atoms with E-state index in [4.69, 9.17) is 16.3 Å². The third kappa shape index (κ3) is 2.69. The van der Waals surface area contributed by atoms with Crippen LogP contribution in [-0.2, 0) is 0 Å². The molecule has 1 aliphatic carbocycles. The lowest BCUT2D eigenvalue weighted by Gasteiger charge is -2.35. The van der Waals surface area contributed by atoms with E-state index >= 15 is 0 Å². The van der Waals surface area contributed by atoms with Crippen molar-refractivity contribution in [1.82, 2.24) is 5.32 Å². The van der Waals surface area contributed by atoms with E-state index in [1.165, 1.54) is 0 Å². The van der Waals surface area contributed by atoms with E-state index in [0.29, 0.717) is 12.1 Å². The van der Waals surface area contributed by atoms with Gasteiger partial charge in [0, 0.05) is 11.1 Å². The lowest BCUT2D eigenvalue weighted by molar-refractivity contribution is 0.0859. The Labute approximate surface area is 102 Å². The van der Waals surface area contributed by atoms with Gasteiger partial charge in [-0.2, -0.15) is 0 Å². The molecule has 88 valence electrons. The molecule has 0 atom stereocenters. The number of rotatable bonds is 4. The van der Waals surface area contributed by atoms with Gasteiger partial charge < -0.3 is 10.1 Å². The van der Waals surface area contributed by atoms with Gasteiger partial charge in [0.05, 0.1) is 0 Å². The fraction of sp³-hybridized carbons (Fsp3) is 0.538. The number of nitrogens with one attached hydrogen (secondary N) is 1. The molecule has 0 aromatic heterocycles. The van der Waals surface area contributed by atoms with E-state index < -0.39 is 0 Å². The average molecular weight is 240 g/mol. The molecule has 1 aliphatic rings.